The maximum absolute atomic E-state index is 2.52. The normalized spacial score (nSPS) is 13.5. The molecule has 0 spiro atoms. The highest BCUT2D eigenvalue weighted by atomic mass is 14.1. The summed E-state index contributed by atoms with van der Waals surface area (Å²) in [6.07, 6.45) is 12.2. The van der Waals surface area contributed by atoms with E-state index in [1.807, 2.05) is 0 Å². The van der Waals surface area contributed by atoms with Gasteiger partial charge in [-0.3, -0.25) is 0 Å². The van der Waals surface area contributed by atoms with Crippen molar-refractivity contribution >= 4 is 0 Å². The number of hydrogen-bond acceptors (Lipinski definition) is 0. The van der Waals surface area contributed by atoms with Crippen molar-refractivity contribution in [2.24, 2.45) is 11.8 Å². The van der Waals surface area contributed by atoms with Gasteiger partial charge in [-0.1, -0.05) is 66.2 Å². The zero-order valence-electron chi connectivity index (χ0n) is 10.7. The van der Waals surface area contributed by atoms with Gasteiger partial charge in [0.25, 0.3) is 0 Å². The summed E-state index contributed by atoms with van der Waals surface area (Å²) < 4.78 is 0. The monoisotopic (exact) mass is 197 g/mol. The quantitative estimate of drug-likeness (QED) is 0.444. The van der Waals surface area contributed by atoms with E-state index in [2.05, 4.69) is 34.1 Å². The second kappa shape index (κ2) is 9.55. The molecular formula is C14H29. The van der Waals surface area contributed by atoms with E-state index in [0.29, 0.717) is 0 Å². The second-order valence-corrected chi connectivity index (χ2v) is 5.03. The molecule has 0 amide bonds. The van der Waals surface area contributed by atoms with E-state index in [9.17, 15) is 0 Å². The molecule has 14 heavy (non-hydrogen) atoms. The van der Waals surface area contributed by atoms with Crippen LogP contribution in [-0.4, -0.2) is 0 Å². The molecule has 0 saturated carbocycles. The predicted octanol–water partition coefficient (Wildman–Crippen LogP) is 5.23. The average molecular weight is 197 g/mol. The van der Waals surface area contributed by atoms with E-state index < -0.39 is 0 Å². The minimum absolute atomic E-state index is 0.842. The van der Waals surface area contributed by atoms with Gasteiger partial charge in [0, 0.05) is 0 Å². The van der Waals surface area contributed by atoms with Crippen molar-refractivity contribution in [3.8, 4) is 0 Å². The fourth-order valence-corrected chi connectivity index (χ4v) is 1.74. The average Bonchev–Trinajstić information content (AvgIpc) is 2.13. The molecule has 0 bridgehead atoms. The summed E-state index contributed by atoms with van der Waals surface area (Å²) in [4.78, 5) is 0. The number of hydrogen-bond donors (Lipinski definition) is 0. The van der Waals surface area contributed by atoms with E-state index in [1.54, 1.807) is 0 Å². The van der Waals surface area contributed by atoms with Gasteiger partial charge in [-0.25, -0.2) is 0 Å². The summed E-state index contributed by atoms with van der Waals surface area (Å²) in [6, 6.07) is 0. The van der Waals surface area contributed by atoms with Crippen LogP contribution in [0, 0.1) is 18.3 Å². The molecule has 0 heterocycles. The Balaban J connectivity index is 3.10. The first kappa shape index (κ1) is 14.0. The molecule has 0 N–H and O–H groups in total. The van der Waals surface area contributed by atoms with Crippen LogP contribution in [0.25, 0.3) is 0 Å². The molecule has 0 aromatic carbocycles. The van der Waals surface area contributed by atoms with Crippen molar-refractivity contribution in [1.29, 1.82) is 0 Å². The summed E-state index contributed by atoms with van der Waals surface area (Å²) in [5.41, 5.74) is 0. The lowest BCUT2D eigenvalue weighted by atomic mass is 9.96. The first-order chi connectivity index (χ1) is 6.66. The van der Waals surface area contributed by atoms with Gasteiger partial charge in [-0.15, -0.1) is 0 Å². The zero-order valence-corrected chi connectivity index (χ0v) is 10.7. The maximum atomic E-state index is 2.52. The van der Waals surface area contributed by atoms with Crippen molar-refractivity contribution in [2.45, 2.75) is 72.6 Å². The maximum Gasteiger partial charge on any atom is -0.0358 e. The SMILES string of the molecule is CCCCC(C)[CH]CCCCC(C)C. The Morgan fingerprint density at radius 3 is 2.21 bits per heavy atom. The van der Waals surface area contributed by atoms with Crippen LogP contribution in [0.1, 0.15) is 72.6 Å². The van der Waals surface area contributed by atoms with Crippen molar-refractivity contribution in [3.05, 3.63) is 6.42 Å². The van der Waals surface area contributed by atoms with E-state index in [1.165, 1.54) is 44.9 Å². The molecule has 0 aromatic heterocycles. The molecule has 0 aromatic rings. The Morgan fingerprint density at radius 1 is 0.929 bits per heavy atom. The molecule has 0 rings (SSSR count). The topological polar surface area (TPSA) is 0 Å². The number of unbranched alkanes of at least 4 members (excludes halogenated alkanes) is 3. The van der Waals surface area contributed by atoms with Gasteiger partial charge in [0.1, 0.15) is 0 Å². The highest BCUT2D eigenvalue weighted by Crippen LogP contribution is 2.16. The highest BCUT2D eigenvalue weighted by molar-refractivity contribution is 4.72. The van der Waals surface area contributed by atoms with Gasteiger partial charge in [-0.2, -0.15) is 0 Å². The summed E-state index contributed by atoms with van der Waals surface area (Å²) >= 11 is 0. The standard InChI is InChI=1S/C14H29/c1-5-6-11-14(4)12-9-7-8-10-13(2)3/h12-14H,5-11H2,1-4H3. The lowest BCUT2D eigenvalue weighted by molar-refractivity contribution is 0.507. The van der Waals surface area contributed by atoms with E-state index in [-0.39, 0.29) is 0 Å². The van der Waals surface area contributed by atoms with Gasteiger partial charge in [-0.05, 0) is 24.7 Å². The van der Waals surface area contributed by atoms with Crippen molar-refractivity contribution in [1.82, 2.24) is 0 Å². The Bertz CT molecular complexity index is 105. The summed E-state index contributed by atoms with van der Waals surface area (Å²) in [5.74, 6) is 1.72. The molecule has 0 heteroatoms. The van der Waals surface area contributed by atoms with Crippen LogP contribution in [0.4, 0.5) is 0 Å². The van der Waals surface area contributed by atoms with Gasteiger partial charge < -0.3 is 0 Å². The Morgan fingerprint density at radius 2 is 1.64 bits per heavy atom. The van der Waals surface area contributed by atoms with Crippen molar-refractivity contribution < 1.29 is 0 Å². The van der Waals surface area contributed by atoms with Crippen LogP contribution in [0.15, 0.2) is 0 Å². The Kier molecular flexibility index (Phi) is 9.55. The van der Waals surface area contributed by atoms with Gasteiger partial charge in [0.2, 0.25) is 0 Å². The van der Waals surface area contributed by atoms with E-state index in [0.717, 1.165) is 11.8 Å². The summed E-state index contributed by atoms with van der Waals surface area (Å²) in [5, 5.41) is 0. The lowest BCUT2D eigenvalue weighted by Crippen LogP contribution is -1.96. The van der Waals surface area contributed by atoms with Crippen molar-refractivity contribution in [2.75, 3.05) is 0 Å². The molecule has 1 unspecified atom stereocenters. The second-order valence-electron chi connectivity index (χ2n) is 5.03. The van der Waals surface area contributed by atoms with Crippen LogP contribution in [0.5, 0.6) is 0 Å². The molecule has 0 saturated heterocycles. The van der Waals surface area contributed by atoms with E-state index in [4.69, 9.17) is 0 Å². The third kappa shape index (κ3) is 10.1. The molecule has 0 fully saturated rings. The van der Waals surface area contributed by atoms with Gasteiger partial charge >= 0.3 is 0 Å². The van der Waals surface area contributed by atoms with Crippen LogP contribution in [0.3, 0.4) is 0 Å². The summed E-state index contributed by atoms with van der Waals surface area (Å²) in [6.45, 7) is 9.26. The Hall–Kier alpha value is 0. The third-order valence-electron chi connectivity index (χ3n) is 2.82. The summed E-state index contributed by atoms with van der Waals surface area (Å²) in [7, 11) is 0. The molecule has 0 aliphatic rings. The molecule has 0 aliphatic carbocycles. The predicted molar refractivity (Wildman–Crippen MR) is 66.3 cm³/mol. The fourth-order valence-electron chi connectivity index (χ4n) is 1.74. The minimum Gasteiger partial charge on any atom is -0.0654 e. The molecule has 1 radical (unpaired) electrons. The molecule has 1 atom stereocenters. The highest BCUT2D eigenvalue weighted by Gasteiger charge is 2.01. The molecular weight excluding hydrogens is 168 g/mol. The smallest absolute Gasteiger partial charge is 0.0358 e. The van der Waals surface area contributed by atoms with E-state index >= 15 is 0 Å². The minimum atomic E-state index is 0.842. The van der Waals surface area contributed by atoms with Gasteiger partial charge in [0.05, 0.1) is 0 Å². The van der Waals surface area contributed by atoms with Crippen LogP contribution in [-0.2, 0) is 0 Å². The molecule has 85 valence electrons. The van der Waals surface area contributed by atoms with Crippen LogP contribution >= 0.6 is 0 Å². The van der Waals surface area contributed by atoms with Crippen LogP contribution in [0.2, 0.25) is 0 Å². The molecule has 0 nitrogen and oxygen atoms in total. The first-order valence-electron chi connectivity index (χ1n) is 6.50. The molecule has 0 aliphatic heterocycles. The number of rotatable bonds is 9. The van der Waals surface area contributed by atoms with Gasteiger partial charge in [0.15, 0.2) is 0 Å². The first-order valence-corrected chi connectivity index (χ1v) is 6.50. The zero-order chi connectivity index (χ0) is 10.8. The fraction of sp³-hybridized carbons (Fsp3) is 0.929. The lowest BCUT2D eigenvalue weighted by Gasteiger charge is -2.10. The Labute approximate surface area is 91.5 Å². The van der Waals surface area contributed by atoms with Crippen LogP contribution < -0.4 is 0 Å². The van der Waals surface area contributed by atoms with Crippen molar-refractivity contribution in [3.63, 3.8) is 0 Å². The largest absolute Gasteiger partial charge is 0.0654 e. The third-order valence-corrected chi connectivity index (χ3v) is 2.82.